The van der Waals surface area contributed by atoms with Crippen LogP contribution in [0.1, 0.15) is 42.5 Å². The van der Waals surface area contributed by atoms with Crippen molar-refractivity contribution in [3.8, 4) is 5.69 Å². The largest absolute Gasteiger partial charge is 0.317 e. The van der Waals surface area contributed by atoms with Gasteiger partial charge in [0.05, 0.1) is 22.8 Å². The van der Waals surface area contributed by atoms with Crippen LogP contribution >= 0.6 is 15.9 Å². The molecule has 5 rings (SSSR count). The molecule has 0 amide bonds. The van der Waals surface area contributed by atoms with Crippen LogP contribution in [0.4, 0.5) is 0 Å². The molecular formula is C28H25BrN4O. The number of nitrogens with zero attached hydrogens (tertiary/aromatic N) is 4. The number of hydrogen-bond acceptors (Lipinski definition) is 3. The molecule has 0 saturated carbocycles. The highest BCUT2D eigenvalue weighted by molar-refractivity contribution is 9.10. The van der Waals surface area contributed by atoms with Gasteiger partial charge in [0, 0.05) is 32.7 Å². The predicted octanol–water partition coefficient (Wildman–Crippen LogP) is 6.73. The van der Waals surface area contributed by atoms with Gasteiger partial charge in [-0.1, -0.05) is 66.2 Å². The molecule has 0 aliphatic carbocycles. The van der Waals surface area contributed by atoms with E-state index in [1.54, 1.807) is 12.3 Å². The molecule has 0 unspecified atom stereocenters. The first-order valence-electron chi connectivity index (χ1n) is 11.3. The summed E-state index contributed by atoms with van der Waals surface area (Å²) in [4.78, 5) is 18.1. The van der Waals surface area contributed by atoms with Crippen molar-refractivity contribution >= 4 is 43.8 Å². The third kappa shape index (κ3) is 3.78. The Labute approximate surface area is 206 Å². The molecule has 2 aromatic heterocycles. The Bertz CT molecular complexity index is 1640. The Morgan fingerprint density at radius 3 is 2.53 bits per heavy atom. The summed E-state index contributed by atoms with van der Waals surface area (Å²) >= 11 is 3.46. The van der Waals surface area contributed by atoms with Crippen LogP contribution in [-0.4, -0.2) is 20.4 Å². The van der Waals surface area contributed by atoms with Crippen LogP contribution in [0.3, 0.4) is 0 Å². The first-order chi connectivity index (χ1) is 16.3. The van der Waals surface area contributed by atoms with Crippen LogP contribution in [0.2, 0.25) is 0 Å². The van der Waals surface area contributed by atoms with Gasteiger partial charge in [-0.05, 0) is 49.6 Å². The lowest BCUT2D eigenvalue weighted by atomic mass is 10.1. The van der Waals surface area contributed by atoms with Gasteiger partial charge < -0.3 is 4.57 Å². The Morgan fingerprint density at radius 1 is 0.971 bits per heavy atom. The van der Waals surface area contributed by atoms with Crippen LogP contribution < -0.4 is 5.56 Å². The molecule has 5 nitrogen and oxygen atoms in total. The quantitative estimate of drug-likeness (QED) is 0.251. The summed E-state index contributed by atoms with van der Waals surface area (Å²) in [5.41, 5.74) is 4.76. The van der Waals surface area contributed by atoms with E-state index in [0.29, 0.717) is 16.7 Å². The van der Waals surface area contributed by atoms with E-state index in [2.05, 4.69) is 88.0 Å². The van der Waals surface area contributed by atoms with Crippen molar-refractivity contribution in [2.75, 3.05) is 0 Å². The van der Waals surface area contributed by atoms with E-state index in [1.807, 2.05) is 26.0 Å². The van der Waals surface area contributed by atoms with Gasteiger partial charge in [-0.15, -0.1) is 0 Å². The summed E-state index contributed by atoms with van der Waals surface area (Å²) in [5, 5.41) is 7.57. The Morgan fingerprint density at radius 2 is 1.74 bits per heavy atom. The van der Waals surface area contributed by atoms with E-state index in [4.69, 9.17) is 4.98 Å². The lowest BCUT2D eigenvalue weighted by Crippen LogP contribution is -2.23. The lowest BCUT2D eigenvalue weighted by molar-refractivity contribution is 0.665. The fourth-order valence-corrected chi connectivity index (χ4v) is 4.82. The van der Waals surface area contributed by atoms with Gasteiger partial charge in [-0.3, -0.25) is 4.79 Å². The summed E-state index contributed by atoms with van der Waals surface area (Å²) in [6.45, 7) is 8.21. The number of hydrogen-bond donors (Lipinski definition) is 0. The minimum atomic E-state index is -0.172. The standard InChI is InChI=1S/C28H25BrN4O/c1-17(2)27-31-25-13-12-22(29)15-24(25)28(34)33(27)30-16-21-14-18(3)32(19(21)4)26-11-7-9-20-8-5-6-10-23(20)26/h5-17H,1-4H3. The average Bonchev–Trinajstić information content (AvgIpc) is 3.11. The van der Waals surface area contributed by atoms with Crippen molar-refractivity contribution in [3.63, 3.8) is 0 Å². The monoisotopic (exact) mass is 512 g/mol. The van der Waals surface area contributed by atoms with Crippen molar-refractivity contribution in [1.82, 2.24) is 14.2 Å². The molecule has 0 atom stereocenters. The van der Waals surface area contributed by atoms with Gasteiger partial charge in [-0.2, -0.15) is 9.78 Å². The van der Waals surface area contributed by atoms with Gasteiger partial charge >= 0.3 is 0 Å². The SMILES string of the molecule is Cc1cc(C=Nn2c(C(C)C)nc3ccc(Br)cc3c2=O)c(C)n1-c1cccc2ccccc12. The summed E-state index contributed by atoms with van der Waals surface area (Å²) in [7, 11) is 0. The van der Waals surface area contributed by atoms with E-state index in [9.17, 15) is 4.79 Å². The molecule has 170 valence electrons. The van der Waals surface area contributed by atoms with Crippen LogP contribution in [0.15, 0.2) is 81.1 Å². The highest BCUT2D eigenvalue weighted by atomic mass is 79.9. The zero-order valence-corrected chi connectivity index (χ0v) is 21.2. The second kappa shape index (κ2) is 8.69. The third-order valence-electron chi connectivity index (χ3n) is 6.14. The topological polar surface area (TPSA) is 52.2 Å². The third-order valence-corrected chi connectivity index (χ3v) is 6.63. The van der Waals surface area contributed by atoms with Crippen molar-refractivity contribution in [2.24, 2.45) is 5.10 Å². The summed E-state index contributed by atoms with van der Waals surface area (Å²) in [5.74, 6) is 0.681. The molecule has 0 aliphatic rings. The minimum absolute atomic E-state index is 0.0426. The van der Waals surface area contributed by atoms with E-state index in [-0.39, 0.29) is 11.5 Å². The maximum atomic E-state index is 13.3. The molecule has 0 N–H and O–H groups in total. The molecule has 0 spiro atoms. The number of fused-ring (bicyclic) bond motifs is 2. The minimum Gasteiger partial charge on any atom is -0.317 e. The smallest absolute Gasteiger partial charge is 0.282 e. The predicted molar refractivity (Wildman–Crippen MR) is 144 cm³/mol. The molecule has 0 saturated heterocycles. The fourth-order valence-electron chi connectivity index (χ4n) is 4.46. The molecule has 5 aromatic rings. The van der Waals surface area contributed by atoms with Crippen molar-refractivity contribution in [2.45, 2.75) is 33.6 Å². The Balaban J connectivity index is 1.65. The molecule has 2 heterocycles. The van der Waals surface area contributed by atoms with Gasteiger partial charge in [-0.25, -0.2) is 4.98 Å². The summed E-state index contributed by atoms with van der Waals surface area (Å²) in [6.07, 6.45) is 1.77. The Kier molecular flexibility index (Phi) is 5.70. The molecule has 34 heavy (non-hydrogen) atoms. The van der Waals surface area contributed by atoms with E-state index in [1.165, 1.54) is 15.4 Å². The van der Waals surface area contributed by atoms with Gasteiger partial charge in [0.2, 0.25) is 0 Å². The van der Waals surface area contributed by atoms with Crippen LogP contribution in [0.5, 0.6) is 0 Å². The normalized spacial score (nSPS) is 11.9. The first-order valence-corrected chi connectivity index (χ1v) is 12.1. The Hall–Kier alpha value is -3.51. The van der Waals surface area contributed by atoms with Crippen molar-refractivity contribution < 1.29 is 0 Å². The number of rotatable bonds is 4. The second-order valence-corrected chi connectivity index (χ2v) is 9.72. The van der Waals surface area contributed by atoms with Gasteiger partial charge in [0.15, 0.2) is 0 Å². The van der Waals surface area contributed by atoms with Crippen molar-refractivity contribution in [1.29, 1.82) is 0 Å². The maximum absolute atomic E-state index is 13.3. The zero-order chi connectivity index (χ0) is 24.0. The first kappa shape index (κ1) is 22.3. The fraction of sp³-hybridized carbons (Fsp3) is 0.179. The molecule has 0 aliphatic heterocycles. The van der Waals surface area contributed by atoms with E-state index < -0.39 is 0 Å². The molecule has 0 bridgehead atoms. The van der Waals surface area contributed by atoms with Crippen LogP contribution in [0.25, 0.3) is 27.4 Å². The lowest BCUT2D eigenvalue weighted by Gasteiger charge is -2.13. The second-order valence-electron chi connectivity index (χ2n) is 8.81. The summed E-state index contributed by atoms with van der Waals surface area (Å²) in [6, 6.07) is 22.4. The van der Waals surface area contributed by atoms with Gasteiger partial charge in [0.1, 0.15) is 5.82 Å². The molecule has 0 fully saturated rings. The average molecular weight is 513 g/mol. The molecule has 3 aromatic carbocycles. The van der Waals surface area contributed by atoms with Crippen LogP contribution in [0, 0.1) is 13.8 Å². The number of benzene rings is 3. The number of aromatic nitrogens is 3. The van der Waals surface area contributed by atoms with Crippen molar-refractivity contribution in [3.05, 3.63) is 104 Å². The van der Waals surface area contributed by atoms with Gasteiger partial charge in [0.25, 0.3) is 5.56 Å². The highest BCUT2D eigenvalue weighted by Gasteiger charge is 2.15. The van der Waals surface area contributed by atoms with Crippen LogP contribution in [-0.2, 0) is 0 Å². The number of aryl methyl sites for hydroxylation is 1. The number of halogens is 1. The maximum Gasteiger partial charge on any atom is 0.282 e. The molecule has 0 radical (unpaired) electrons. The highest BCUT2D eigenvalue weighted by Crippen LogP contribution is 2.27. The van der Waals surface area contributed by atoms with E-state index in [0.717, 1.165) is 27.1 Å². The summed E-state index contributed by atoms with van der Waals surface area (Å²) < 4.78 is 4.51. The molecular weight excluding hydrogens is 488 g/mol. The van der Waals surface area contributed by atoms with E-state index >= 15 is 0 Å². The molecule has 6 heteroatoms. The zero-order valence-electron chi connectivity index (χ0n) is 19.6.